The molecule has 3 rings (SSSR count). The predicted molar refractivity (Wildman–Crippen MR) is 88.9 cm³/mol. The van der Waals surface area contributed by atoms with Crippen molar-refractivity contribution in [2.45, 2.75) is 12.5 Å². The van der Waals surface area contributed by atoms with Crippen LogP contribution in [0.2, 0.25) is 0 Å². The molecule has 0 aromatic heterocycles. The van der Waals surface area contributed by atoms with Gasteiger partial charge in [0, 0.05) is 6.42 Å². The van der Waals surface area contributed by atoms with Gasteiger partial charge in [-0.1, -0.05) is 0 Å². The molecule has 2 aromatic rings. The summed E-state index contributed by atoms with van der Waals surface area (Å²) >= 11 is 0. The van der Waals surface area contributed by atoms with Crippen molar-refractivity contribution < 1.29 is 27.2 Å². The van der Waals surface area contributed by atoms with Crippen LogP contribution in [0, 0.1) is 23.3 Å². The predicted octanol–water partition coefficient (Wildman–Crippen LogP) is 2.30. The Bertz CT molecular complexity index is 947. The largest absolute Gasteiger partial charge is 0.368 e. The Balaban J connectivity index is 1.86. The molecule has 1 aliphatic rings. The highest BCUT2D eigenvalue weighted by Gasteiger charge is 2.35. The van der Waals surface area contributed by atoms with Gasteiger partial charge in [-0.2, -0.15) is 5.10 Å². The van der Waals surface area contributed by atoms with Crippen molar-refractivity contribution in [1.82, 2.24) is 0 Å². The molecular formula is C17H12F4N4O2. The first-order valence-electron chi connectivity index (χ1n) is 7.64. The molecule has 0 saturated heterocycles. The van der Waals surface area contributed by atoms with Gasteiger partial charge < -0.3 is 11.1 Å². The second-order valence-corrected chi connectivity index (χ2v) is 5.67. The standard InChI is InChI=1S/C17H12F4N4O2/c18-8-1-3-9(4-2-8)25-13(16(22)26)7-12(24-25)17(27)23-11-6-5-10(19)14(20)15(11)21/h1-6,13H,7H2,(H2,22,26)(H,23,27). The number of carbonyl (C=O) groups is 2. The fourth-order valence-corrected chi connectivity index (χ4v) is 2.52. The van der Waals surface area contributed by atoms with E-state index in [0.717, 1.165) is 23.2 Å². The molecule has 1 atom stereocenters. The molecule has 140 valence electrons. The maximum atomic E-state index is 13.7. The number of nitrogens with one attached hydrogen (secondary N) is 1. The number of hydrogen-bond acceptors (Lipinski definition) is 4. The van der Waals surface area contributed by atoms with Crippen LogP contribution in [0.4, 0.5) is 28.9 Å². The van der Waals surface area contributed by atoms with E-state index >= 15 is 0 Å². The van der Waals surface area contributed by atoms with Gasteiger partial charge >= 0.3 is 0 Å². The zero-order valence-corrected chi connectivity index (χ0v) is 13.5. The highest BCUT2D eigenvalue weighted by Crippen LogP contribution is 2.26. The first kappa shape index (κ1) is 18.4. The number of halogens is 4. The number of nitrogens with zero attached hydrogens (tertiary/aromatic N) is 2. The molecule has 6 nitrogen and oxygen atoms in total. The van der Waals surface area contributed by atoms with Crippen molar-refractivity contribution in [3.63, 3.8) is 0 Å². The van der Waals surface area contributed by atoms with E-state index in [9.17, 15) is 27.2 Å². The topological polar surface area (TPSA) is 87.8 Å². The Hall–Kier alpha value is -3.43. The van der Waals surface area contributed by atoms with Gasteiger partial charge in [-0.3, -0.25) is 14.6 Å². The first-order chi connectivity index (χ1) is 12.8. The van der Waals surface area contributed by atoms with E-state index in [1.54, 1.807) is 0 Å². The van der Waals surface area contributed by atoms with E-state index in [4.69, 9.17) is 5.73 Å². The third-order valence-corrected chi connectivity index (χ3v) is 3.88. The molecule has 27 heavy (non-hydrogen) atoms. The number of amides is 2. The number of nitrogens with two attached hydrogens (primary N) is 1. The molecule has 0 bridgehead atoms. The Kier molecular flexibility index (Phi) is 4.80. The minimum absolute atomic E-state index is 0.188. The minimum Gasteiger partial charge on any atom is -0.368 e. The number of hydrogen-bond donors (Lipinski definition) is 2. The van der Waals surface area contributed by atoms with Crippen molar-refractivity contribution in [3.05, 3.63) is 59.7 Å². The summed E-state index contributed by atoms with van der Waals surface area (Å²) in [5.74, 6) is -6.92. The molecule has 3 N–H and O–H groups in total. The van der Waals surface area contributed by atoms with Crippen LogP contribution in [0.25, 0.3) is 0 Å². The highest BCUT2D eigenvalue weighted by atomic mass is 19.2. The zero-order valence-electron chi connectivity index (χ0n) is 13.5. The van der Waals surface area contributed by atoms with Gasteiger partial charge in [0.15, 0.2) is 17.5 Å². The average Bonchev–Trinajstić information content (AvgIpc) is 3.08. The third kappa shape index (κ3) is 3.59. The number of primary amides is 1. The van der Waals surface area contributed by atoms with Gasteiger partial charge in [-0.15, -0.1) is 0 Å². The molecule has 0 fully saturated rings. The van der Waals surface area contributed by atoms with Crippen LogP contribution in [0.3, 0.4) is 0 Å². The third-order valence-electron chi connectivity index (χ3n) is 3.88. The van der Waals surface area contributed by atoms with Gasteiger partial charge in [0.25, 0.3) is 5.91 Å². The Morgan fingerprint density at radius 3 is 2.33 bits per heavy atom. The van der Waals surface area contributed by atoms with E-state index in [1.165, 1.54) is 12.1 Å². The molecule has 0 radical (unpaired) electrons. The lowest BCUT2D eigenvalue weighted by atomic mass is 10.1. The van der Waals surface area contributed by atoms with Gasteiger partial charge in [0.1, 0.15) is 17.6 Å². The number of rotatable bonds is 4. The molecule has 1 unspecified atom stereocenters. The average molecular weight is 380 g/mol. The number of benzene rings is 2. The van der Waals surface area contributed by atoms with Crippen LogP contribution in [-0.4, -0.2) is 23.6 Å². The van der Waals surface area contributed by atoms with E-state index in [0.29, 0.717) is 11.8 Å². The highest BCUT2D eigenvalue weighted by molar-refractivity contribution is 6.44. The summed E-state index contributed by atoms with van der Waals surface area (Å²) in [6, 6.07) is 5.43. The fraction of sp³-hybridized carbons (Fsp3) is 0.118. The summed E-state index contributed by atoms with van der Waals surface area (Å²) < 4.78 is 53.0. The van der Waals surface area contributed by atoms with E-state index < -0.39 is 46.8 Å². The van der Waals surface area contributed by atoms with Crippen molar-refractivity contribution in [2.24, 2.45) is 10.8 Å². The normalized spacial score (nSPS) is 16.2. The molecule has 10 heteroatoms. The molecule has 0 saturated carbocycles. The summed E-state index contributed by atoms with van der Waals surface area (Å²) in [4.78, 5) is 24.0. The van der Waals surface area contributed by atoms with Crippen LogP contribution < -0.4 is 16.1 Å². The maximum Gasteiger partial charge on any atom is 0.272 e. The summed E-state index contributed by atoms with van der Waals surface area (Å²) in [6.45, 7) is 0. The second kappa shape index (κ2) is 7.06. The Labute approximate surface area is 150 Å². The van der Waals surface area contributed by atoms with Gasteiger partial charge in [-0.25, -0.2) is 17.6 Å². The number of carbonyl (C=O) groups excluding carboxylic acids is 2. The van der Waals surface area contributed by atoms with Gasteiger partial charge in [0.05, 0.1) is 11.4 Å². The minimum atomic E-state index is -1.73. The van der Waals surface area contributed by atoms with Crippen LogP contribution >= 0.6 is 0 Å². The fourth-order valence-electron chi connectivity index (χ4n) is 2.52. The monoisotopic (exact) mass is 380 g/mol. The maximum absolute atomic E-state index is 13.7. The van der Waals surface area contributed by atoms with Crippen LogP contribution in [0.5, 0.6) is 0 Å². The molecule has 2 aromatic carbocycles. The van der Waals surface area contributed by atoms with Crippen molar-refractivity contribution in [1.29, 1.82) is 0 Å². The van der Waals surface area contributed by atoms with E-state index in [2.05, 4.69) is 10.4 Å². The van der Waals surface area contributed by atoms with Crippen molar-refractivity contribution in [2.75, 3.05) is 10.3 Å². The molecule has 2 amide bonds. The SMILES string of the molecule is NC(=O)C1CC(C(=O)Nc2ccc(F)c(F)c2F)=NN1c1ccc(F)cc1. The molecule has 1 heterocycles. The zero-order chi connectivity index (χ0) is 19.7. The van der Waals surface area contributed by atoms with Crippen LogP contribution in [0.15, 0.2) is 41.5 Å². The summed E-state index contributed by atoms with van der Waals surface area (Å²) in [6.07, 6.45) is -0.205. The number of hydrazone groups is 1. The number of anilines is 2. The molecule has 1 aliphatic heterocycles. The molecule has 0 aliphatic carbocycles. The van der Waals surface area contributed by atoms with Gasteiger partial charge in [-0.05, 0) is 36.4 Å². The summed E-state index contributed by atoms with van der Waals surface area (Å²) in [5, 5.41) is 7.19. The van der Waals surface area contributed by atoms with E-state index in [-0.39, 0.29) is 12.1 Å². The lowest BCUT2D eigenvalue weighted by molar-refractivity contribution is -0.119. The van der Waals surface area contributed by atoms with Crippen LogP contribution in [0.1, 0.15) is 6.42 Å². The van der Waals surface area contributed by atoms with Crippen molar-refractivity contribution in [3.8, 4) is 0 Å². The Morgan fingerprint density at radius 1 is 1.04 bits per heavy atom. The molecule has 0 spiro atoms. The Morgan fingerprint density at radius 2 is 1.70 bits per heavy atom. The quantitative estimate of drug-likeness (QED) is 0.630. The van der Waals surface area contributed by atoms with E-state index in [1.807, 2.05) is 0 Å². The summed E-state index contributed by atoms with van der Waals surface area (Å²) in [7, 11) is 0. The first-order valence-corrected chi connectivity index (χ1v) is 7.64. The van der Waals surface area contributed by atoms with Gasteiger partial charge in [0.2, 0.25) is 5.91 Å². The lowest BCUT2D eigenvalue weighted by Crippen LogP contribution is -2.39. The summed E-state index contributed by atoms with van der Waals surface area (Å²) in [5.41, 5.74) is 4.85. The van der Waals surface area contributed by atoms with Crippen molar-refractivity contribution >= 4 is 28.9 Å². The van der Waals surface area contributed by atoms with Crippen LogP contribution in [-0.2, 0) is 9.59 Å². The molecular weight excluding hydrogens is 368 g/mol. The lowest BCUT2D eigenvalue weighted by Gasteiger charge is -2.20. The smallest absolute Gasteiger partial charge is 0.272 e. The second-order valence-electron chi connectivity index (χ2n) is 5.67.